The van der Waals surface area contributed by atoms with Gasteiger partial charge in [0.1, 0.15) is 6.54 Å². The topological polar surface area (TPSA) is 57.2 Å². The van der Waals surface area contributed by atoms with Crippen LogP contribution in [0.25, 0.3) is 10.9 Å². The minimum Gasteiger partial charge on any atom is -0.465 e. The summed E-state index contributed by atoms with van der Waals surface area (Å²) in [4.78, 5) is 11.9. The molecule has 0 bridgehead atoms. The molecule has 1 aliphatic carbocycles. The quantitative estimate of drug-likeness (QED) is 0.887. The van der Waals surface area contributed by atoms with Crippen LogP contribution in [-0.4, -0.2) is 23.2 Å². The number of ether oxygens (including phenoxy) is 1. The number of nitrogens with two attached hydrogens (primary N) is 1. The Bertz CT molecular complexity index is 693. The van der Waals surface area contributed by atoms with Gasteiger partial charge in [-0.3, -0.25) is 4.79 Å². The molecular weight excluding hydrogens is 288 g/mol. The summed E-state index contributed by atoms with van der Waals surface area (Å²) in [7, 11) is 0. The molecule has 0 saturated carbocycles. The largest absolute Gasteiger partial charge is 0.465 e. The third kappa shape index (κ3) is 2.65. The predicted molar refractivity (Wildman–Crippen MR) is 83.6 cm³/mol. The van der Waals surface area contributed by atoms with E-state index in [4.69, 9.17) is 22.1 Å². The van der Waals surface area contributed by atoms with Crippen molar-refractivity contribution in [3.63, 3.8) is 0 Å². The molecule has 1 atom stereocenters. The molecule has 21 heavy (non-hydrogen) atoms. The highest BCUT2D eigenvalue weighted by Crippen LogP contribution is 2.33. The number of fused-ring (bicyclic) bond motifs is 3. The van der Waals surface area contributed by atoms with Gasteiger partial charge in [-0.25, -0.2) is 0 Å². The predicted octanol–water partition coefficient (Wildman–Crippen LogP) is 2.67. The van der Waals surface area contributed by atoms with Gasteiger partial charge in [0.25, 0.3) is 0 Å². The molecule has 0 radical (unpaired) electrons. The Kier molecular flexibility index (Phi) is 3.91. The van der Waals surface area contributed by atoms with Crippen molar-refractivity contribution in [2.75, 3.05) is 6.61 Å². The van der Waals surface area contributed by atoms with E-state index in [0.29, 0.717) is 11.6 Å². The molecule has 2 N–H and O–H groups in total. The molecule has 1 heterocycles. The van der Waals surface area contributed by atoms with E-state index < -0.39 is 0 Å². The molecule has 0 amide bonds. The van der Waals surface area contributed by atoms with Gasteiger partial charge in [0.2, 0.25) is 0 Å². The van der Waals surface area contributed by atoms with Crippen molar-refractivity contribution in [2.24, 2.45) is 5.73 Å². The van der Waals surface area contributed by atoms with E-state index >= 15 is 0 Å². The summed E-state index contributed by atoms with van der Waals surface area (Å²) >= 11 is 6.13. The lowest BCUT2D eigenvalue weighted by Gasteiger charge is -2.20. The fourth-order valence-electron chi connectivity index (χ4n) is 3.17. The highest BCUT2D eigenvalue weighted by Gasteiger charge is 2.24. The molecule has 0 aliphatic heterocycles. The summed E-state index contributed by atoms with van der Waals surface area (Å²) in [5.41, 5.74) is 9.57. The van der Waals surface area contributed by atoms with E-state index in [9.17, 15) is 4.79 Å². The maximum absolute atomic E-state index is 11.9. The Balaban J connectivity index is 2.12. The van der Waals surface area contributed by atoms with Crippen LogP contribution in [0.2, 0.25) is 5.02 Å². The zero-order chi connectivity index (χ0) is 15.0. The number of hydrogen-bond donors (Lipinski definition) is 1. The number of carbonyl (C=O) groups excluding carboxylic acids is 1. The summed E-state index contributed by atoms with van der Waals surface area (Å²) in [5.74, 6) is -0.206. The van der Waals surface area contributed by atoms with Crippen LogP contribution in [0.1, 0.15) is 24.6 Å². The summed E-state index contributed by atoms with van der Waals surface area (Å²) in [6, 6.07) is 5.98. The first kappa shape index (κ1) is 14.4. The number of carbonyl (C=O) groups is 1. The Hall–Kier alpha value is -1.52. The van der Waals surface area contributed by atoms with Crippen molar-refractivity contribution in [3.8, 4) is 0 Å². The second-order valence-corrected chi connectivity index (χ2v) is 5.92. The number of nitrogens with zero attached hydrogens (tertiary/aromatic N) is 1. The second kappa shape index (κ2) is 5.70. The molecule has 0 saturated heterocycles. The Morgan fingerprint density at radius 1 is 1.52 bits per heavy atom. The molecule has 1 aromatic heterocycles. The fraction of sp³-hybridized carbons (Fsp3) is 0.438. The zero-order valence-corrected chi connectivity index (χ0v) is 12.8. The molecule has 0 fully saturated rings. The summed E-state index contributed by atoms with van der Waals surface area (Å²) in [6.07, 6.45) is 2.67. The van der Waals surface area contributed by atoms with Crippen LogP contribution < -0.4 is 5.73 Å². The number of rotatable bonds is 3. The first-order valence-corrected chi connectivity index (χ1v) is 7.68. The zero-order valence-electron chi connectivity index (χ0n) is 12.1. The lowest BCUT2D eigenvalue weighted by Crippen LogP contribution is -2.28. The van der Waals surface area contributed by atoms with Crippen LogP contribution >= 0.6 is 11.6 Å². The number of halogens is 1. The number of hydrogen-bond acceptors (Lipinski definition) is 3. The SMILES string of the molecule is CCOC(=O)Cn1c2c(c3cc(Cl)ccc31)CC(N)CC2. The summed E-state index contributed by atoms with van der Waals surface area (Å²) in [5, 5.41) is 1.81. The van der Waals surface area contributed by atoms with Crippen molar-refractivity contribution < 1.29 is 9.53 Å². The van der Waals surface area contributed by atoms with Gasteiger partial charge < -0.3 is 15.0 Å². The van der Waals surface area contributed by atoms with Gasteiger partial charge in [-0.2, -0.15) is 0 Å². The number of benzene rings is 1. The maximum atomic E-state index is 11.9. The lowest BCUT2D eigenvalue weighted by atomic mass is 9.92. The van der Waals surface area contributed by atoms with Crippen molar-refractivity contribution in [3.05, 3.63) is 34.5 Å². The average molecular weight is 307 g/mol. The van der Waals surface area contributed by atoms with E-state index in [2.05, 4.69) is 4.57 Å². The second-order valence-electron chi connectivity index (χ2n) is 5.48. The maximum Gasteiger partial charge on any atom is 0.325 e. The van der Waals surface area contributed by atoms with Gasteiger partial charge in [-0.15, -0.1) is 0 Å². The van der Waals surface area contributed by atoms with Crippen molar-refractivity contribution >= 4 is 28.5 Å². The average Bonchev–Trinajstić information content (AvgIpc) is 2.72. The first-order chi connectivity index (χ1) is 10.1. The van der Waals surface area contributed by atoms with Gasteiger partial charge in [-0.05, 0) is 49.9 Å². The Labute approximate surface area is 128 Å². The minimum atomic E-state index is -0.206. The van der Waals surface area contributed by atoms with Gasteiger partial charge in [0, 0.05) is 27.7 Å². The van der Waals surface area contributed by atoms with Crippen molar-refractivity contribution in [1.29, 1.82) is 0 Å². The van der Waals surface area contributed by atoms with E-state index in [1.807, 2.05) is 25.1 Å². The summed E-state index contributed by atoms with van der Waals surface area (Å²) < 4.78 is 7.15. The molecule has 5 heteroatoms. The van der Waals surface area contributed by atoms with Crippen LogP contribution in [0.3, 0.4) is 0 Å². The van der Waals surface area contributed by atoms with Crippen LogP contribution in [0.15, 0.2) is 18.2 Å². The molecule has 0 spiro atoms. The van der Waals surface area contributed by atoms with Crippen molar-refractivity contribution in [2.45, 2.75) is 38.8 Å². The molecule has 4 nitrogen and oxygen atoms in total. The Morgan fingerprint density at radius 2 is 2.33 bits per heavy atom. The van der Waals surface area contributed by atoms with Gasteiger partial charge >= 0.3 is 5.97 Å². The van der Waals surface area contributed by atoms with E-state index in [-0.39, 0.29) is 18.6 Å². The van der Waals surface area contributed by atoms with E-state index in [1.165, 1.54) is 11.3 Å². The molecule has 1 aromatic carbocycles. The fourth-order valence-corrected chi connectivity index (χ4v) is 3.34. The normalized spacial score (nSPS) is 17.8. The van der Waals surface area contributed by atoms with Crippen LogP contribution in [-0.2, 0) is 28.9 Å². The molecule has 3 rings (SSSR count). The lowest BCUT2D eigenvalue weighted by molar-refractivity contribution is -0.143. The standard InChI is InChI=1S/C16H19ClN2O2/c1-2-21-16(20)9-19-14-5-3-10(17)7-12(14)13-8-11(18)4-6-15(13)19/h3,5,7,11H,2,4,6,8-9,18H2,1H3. The first-order valence-electron chi connectivity index (χ1n) is 7.30. The third-order valence-electron chi connectivity index (χ3n) is 4.06. The van der Waals surface area contributed by atoms with E-state index in [1.54, 1.807) is 0 Å². The third-order valence-corrected chi connectivity index (χ3v) is 4.29. The van der Waals surface area contributed by atoms with Crippen molar-refractivity contribution in [1.82, 2.24) is 4.57 Å². The van der Waals surface area contributed by atoms with Gasteiger partial charge in [0.15, 0.2) is 0 Å². The smallest absolute Gasteiger partial charge is 0.325 e. The molecule has 1 unspecified atom stereocenters. The van der Waals surface area contributed by atoms with Crippen LogP contribution in [0.4, 0.5) is 0 Å². The highest BCUT2D eigenvalue weighted by atomic mass is 35.5. The highest BCUT2D eigenvalue weighted by molar-refractivity contribution is 6.31. The number of aromatic nitrogens is 1. The molecule has 2 aromatic rings. The van der Waals surface area contributed by atoms with Crippen LogP contribution in [0.5, 0.6) is 0 Å². The monoisotopic (exact) mass is 306 g/mol. The van der Waals surface area contributed by atoms with Gasteiger partial charge in [-0.1, -0.05) is 11.6 Å². The van der Waals surface area contributed by atoms with Crippen LogP contribution in [0, 0.1) is 0 Å². The number of esters is 1. The van der Waals surface area contributed by atoms with Gasteiger partial charge in [0.05, 0.1) is 6.61 Å². The molecular formula is C16H19ClN2O2. The molecule has 112 valence electrons. The Morgan fingerprint density at radius 3 is 3.10 bits per heavy atom. The van der Waals surface area contributed by atoms with E-state index in [0.717, 1.165) is 30.2 Å². The minimum absolute atomic E-state index is 0.179. The summed E-state index contributed by atoms with van der Waals surface area (Å²) in [6.45, 7) is 2.47. The molecule has 1 aliphatic rings.